The highest BCUT2D eigenvalue weighted by atomic mass is 14.9. The molecule has 16 heavy (non-hydrogen) atoms. The summed E-state index contributed by atoms with van der Waals surface area (Å²) in [5.41, 5.74) is 2.45. The van der Waals surface area contributed by atoms with E-state index in [1.807, 2.05) is 13.1 Å². The first kappa shape index (κ1) is 11.6. The van der Waals surface area contributed by atoms with Crippen LogP contribution in [0.25, 0.3) is 0 Å². The van der Waals surface area contributed by atoms with Gasteiger partial charge in [0.15, 0.2) is 0 Å². The SMILES string of the molecule is CCNC(CC1CCC1)c1ccc(C)nc1. The third-order valence-electron chi connectivity index (χ3n) is 3.58. The molecule has 1 atom stereocenters. The Kier molecular flexibility index (Phi) is 3.94. The second-order valence-electron chi connectivity index (χ2n) is 4.88. The van der Waals surface area contributed by atoms with Crippen molar-refractivity contribution in [3.63, 3.8) is 0 Å². The maximum absolute atomic E-state index is 4.39. The van der Waals surface area contributed by atoms with Crippen LogP contribution in [0.1, 0.15) is 49.9 Å². The van der Waals surface area contributed by atoms with Gasteiger partial charge in [0.1, 0.15) is 0 Å². The number of pyridine rings is 1. The standard InChI is InChI=1S/C14H22N2/c1-3-15-14(9-12-5-4-6-12)13-8-7-11(2)16-10-13/h7-8,10,12,14-15H,3-6,9H2,1-2H3. The lowest BCUT2D eigenvalue weighted by Gasteiger charge is -2.30. The van der Waals surface area contributed by atoms with Crippen molar-refractivity contribution >= 4 is 0 Å². The fraction of sp³-hybridized carbons (Fsp3) is 0.643. The Morgan fingerprint density at radius 2 is 2.25 bits per heavy atom. The van der Waals surface area contributed by atoms with Crippen LogP contribution in [0.4, 0.5) is 0 Å². The normalized spacial score (nSPS) is 18.1. The number of nitrogens with zero attached hydrogens (tertiary/aromatic N) is 1. The molecule has 0 bridgehead atoms. The van der Waals surface area contributed by atoms with Crippen LogP contribution in [0.15, 0.2) is 18.3 Å². The molecule has 1 aromatic rings. The van der Waals surface area contributed by atoms with Gasteiger partial charge in [0.25, 0.3) is 0 Å². The summed E-state index contributed by atoms with van der Waals surface area (Å²) in [6.45, 7) is 5.25. The predicted molar refractivity (Wildman–Crippen MR) is 67.3 cm³/mol. The molecule has 0 spiro atoms. The number of nitrogens with one attached hydrogen (secondary N) is 1. The lowest BCUT2D eigenvalue weighted by Crippen LogP contribution is -2.26. The zero-order chi connectivity index (χ0) is 11.4. The van der Waals surface area contributed by atoms with Gasteiger partial charge in [-0.15, -0.1) is 0 Å². The number of rotatable bonds is 5. The molecule has 0 aliphatic heterocycles. The first-order valence-electron chi connectivity index (χ1n) is 6.45. The summed E-state index contributed by atoms with van der Waals surface area (Å²) in [5.74, 6) is 0.936. The molecule has 0 saturated heterocycles. The van der Waals surface area contributed by atoms with E-state index in [4.69, 9.17) is 0 Å². The molecule has 2 rings (SSSR count). The first-order valence-corrected chi connectivity index (χ1v) is 6.45. The second-order valence-corrected chi connectivity index (χ2v) is 4.88. The summed E-state index contributed by atoms with van der Waals surface area (Å²) in [6, 6.07) is 4.83. The maximum Gasteiger partial charge on any atom is 0.0372 e. The molecule has 1 aliphatic rings. The highest BCUT2D eigenvalue weighted by molar-refractivity contribution is 5.17. The highest BCUT2D eigenvalue weighted by Crippen LogP contribution is 2.34. The van der Waals surface area contributed by atoms with Crippen molar-refractivity contribution in [2.24, 2.45) is 5.92 Å². The van der Waals surface area contributed by atoms with Crippen molar-refractivity contribution in [3.05, 3.63) is 29.6 Å². The number of aryl methyl sites for hydroxylation is 1. The van der Waals surface area contributed by atoms with Gasteiger partial charge in [-0.3, -0.25) is 4.98 Å². The maximum atomic E-state index is 4.39. The minimum Gasteiger partial charge on any atom is -0.310 e. The Bertz CT molecular complexity index is 314. The fourth-order valence-corrected chi connectivity index (χ4v) is 2.33. The van der Waals surface area contributed by atoms with Crippen molar-refractivity contribution in [3.8, 4) is 0 Å². The first-order chi connectivity index (χ1) is 7.79. The Morgan fingerprint density at radius 3 is 2.75 bits per heavy atom. The van der Waals surface area contributed by atoms with Crippen LogP contribution in [0.3, 0.4) is 0 Å². The summed E-state index contributed by atoms with van der Waals surface area (Å²) in [5, 5.41) is 3.58. The van der Waals surface area contributed by atoms with E-state index in [1.54, 1.807) is 0 Å². The Labute approximate surface area is 98.5 Å². The van der Waals surface area contributed by atoms with Crippen LogP contribution in [-0.4, -0.2) is 11.5 Å². The monoisotopic (exact) mass is 218 g/mol. The van der Waals surface area contributed by atoms with Crippen LogP contribution in [0.5, 0.6) is 0 Å². The molecular weight excluding hydrogens is 196 g/mol. The molecule has 0 amide bonds. The van der Waals surface area contributed by atoms with Crippen LogP contribution >= 0.6 is 0 Å². The molecule has 2 heteroatoms. The van der Waals surface area contributed by atoms with E-state index in [9.17, 15) is 0 Å². The van der Waals surface area contributed by atoms with Crippen LogP contribution in [0.2, 0.25) is 0 Å². The molecule has 1 aromatic heterocycles. The van der Waals surface area contributed by atoms with Gasteiger partial charge in [-0.2, -0.15) is 0 Å². The van der Waals surface area contributed by atoms with Gasteiger partial charge in [0, 0.05) is 17.9 Å². The van der Waals surface area contributed by atoms with E-state index in [-0.39, 0.29) is 0 Å². The Balaban J connectivity index is 2.01. The van der Waals surface area contributed by atoms with Gasteiger partial charge >= 0.3 is 0 Å². The van der Waals surface area contributed by atoms with Crippen LogP contribution in [0, 0.1) is 12.8 Å². The van der Waals surface area contributed by atoms with E-state index in [0.717, 1.165) is 18.2 Å². The van der Waals surface area contributed by atoms with Crippen molar-refractivity contribution in [2.45, 2.75) is 45.6 Å². The van der Waals surface area contributed by atoms with E-state index >= 15 is 0 Å². The van der Waals surface area contributed by atoms with E-state index in [1.165, 1.54) is 31.2 Å². The van der Waals surface area contributed by atoms with Gasteiger partial charge < -0.3 is 5.32 Å². The molecule has 88 valence electrons. The molecule has 0 aromatic carbocycles. The zero-order valence-corrected chi connectivity index (χ0v) is 10.4. The van der Waals surface area contributed by atoms with E-state index < -0.39 is 0 Å². The molecule has 1 fully saturated rings. The molecule has 1 aliphatic carbocycles. The summed E-state index contributed by atoms with van der Waals surface area (Å²) >= 11 is 0. The minimum absolute atomic E-state index is 0.503. The number of hydrogen-bond acceptors (Lipinski definition) is 2. The van der Waals surface area contributed by atoms with Crippen LogP contribution in [-0.2, 0) is 0 Å². The predicted octanol–water partition coefficient (Wildman–Crippen LogP) is 3.23. The number of aromatic nitrogens is 1. The average Bonchev–Trinajstić information content (AvgIpc) is 2.23. The Morgan fingerprint density at radius 1 is 1.44 bits per heavy atom. The Hall–Kier alpha value is -0.890. The largest absolute Gasteiger partial charge is 0.310 e. The minimum atomic E-state index is 0.503. The van der Waals surface area contributed by atoms with Gasteiger partial charge in [0.2, 0.25) is 0 Å². The molecular formula is C14H22N2. The third kappa shape index (κ3) is 2.82. The third-order valence-corrected chi connectivity index (χ3v) is 3.58. The average molecular weight is 218 g/mol. The molecule has 2 nitrogen and oxygen atoms in total. The summed E-state index contributed by atoms with van der Waals surface area (Å²) in [4.78, 5) is 4.39. The van der Waals surface area contributed by atoms with Crippen molar-refractivity contribution < 1.29 is 0 Å². The number of hydrogen-bond donors (Lipinski definition) is 1. The second kappa shape index (κ2) is 5.44. The van der Waals surface area contributed by atoms with Gasteiger partial charge in [-0.1, -0.05) is 32.3 Å². The summed E-state index contributed by atoms with van der Waals surface area (Å²) in [6.07, 6.45) is 7.57. The van der Waals surface area contributed by atoms with E-state index in [0.29, 0.717) is 6.04 Å². The van der Waals surface area contributed by atoms with Crippen molar-refractivity contribution in [1.29, 1.82) is 0 Å². The molecule has 1 unspecified atom stereocenters. The quantitative estimate of drug-likeness (QED) is 0.820. The summed E-state index contributed by atoms with van der Waals surface area (Å²) < 4.78 is 0. The lowest BCUT2D eigenvalue weighted by atomic mass is 9.80. The lowest BCUT2D eigenvalue weighted by molar-refractivity contribution is 0.262. The molecule has 0 radical (unpaired) electrons. The molecule has 1 N–H and O–H groups in total. The summed E-state index contributed by atoms with van der Waals surface area (Å²) in [7, 11) is 0. The van der Waals surface area contributed by atoms with Gasteiger partial charge in [-0.25, -0.2) is 0 Å². The zero-order valence-electron chi connectivity index (χ0n) is 10.4. The fourth-order valence-electron chi connectivity index (χ4n) is 2.33. The topological polar surface area (TPSA) is 24.9 Å². The van der Waals surface area contributed by atoms with Crippen LogP contribution < -0.4 is 5.32 Å². The van der Waals surface area contributed by atoms with Crippen molar-refractivity contribution in [2.75, 3.05) is 6.54 Å². The smallest absolute Gasteiger partial charge is 0.0372 e. The van der Waals surface area contributed by atoms with Gasteiger partial charge in [-0.05, 0) is 37.4 Å². The van der Waals surface area contributed by atoms with Crippen molar-refractivity contribution in [1.82, 2.24) is 10.3 Å². The van der Waals surface area contributed by atoms with E-state index in [2.05, 4.69) is 29.4 Å². The van der Waals surface area contributed by atoms with Gasteiger partial charge in [0.05, 0.1) is 0 Å². The molecule has 1 saturated carbocycles. The molecule has 1 heterocycles. The highest BCUT2D eigenvalue weighted by Gasteiger charge is 2.22.